The Balaban J connectivity index is 1.59. The minimum Gasteiger partial charge on any atom is -0.381 e. The largest absolute Gasteiger partial charge is 0.381 e. The van der Waals surface area contributed by atoms with E-state index in [0.29, 0.717) is 11.7 Å². The Morgan fingerprint density at radius 1 is 1.24 bits per heavy atom. The molecule has 1 aromatic heterocycles. The van der Waals surface area contributed by atoms with Gasteiger partial charge < -0.3 is 19.1 Å². The van der Waals surface area contributed by atoms with Crippen LogP contribution in [0.4, 0.5) is 0 Å². The van der Waals surface area contributed by atoms with Crippen molar-refractivity contribution in [3.8, 4) is 0 Å². The summed E-state index contributed by atoms with van der Waals surface area (Å²) in [5.74, 6) is 0.114. The molecule has 0 unspecified atom stereocenters. The Kier molecular flexibility index (Phi) is 6.87. The van der Waals surface area contributed by atoms with E-state index in [1.54, 1.807) is 12.5 Å². The van der Waals surface area contributed by atoms with Crippen LogP contribution in [0.25, 0.3) is 0 Å². The van der Waals surface area contributed by atoms with Crippen LogP contribution in [-0.4, -0.2) is 70.7 Å². The van der Waals surface area contributed by atoms with Crippen molar-refractivity contribution in [1.29, 1.82) is 0 Å². The van der Waals surface area contributed by atoms with Gasteiger partial charge in [-0.3, -0.25) is 4.79 Å². The van der Waals surface area contributed by atoms with E-state index < -0.39 is 0 Å². The molecule has 2 saturated heterocycles. The molecule has 2 aliphatic heterocycles. The van der Waals surface area contributed by atoms with E-state index in [1.807, 2.05) is 11.6 Å². The van der Waals surface area contributed by atoms with Crippen molar-refractivity contribution >= 4 is 5.91 Å². The van der Waals surface area contributed by atoms with Gasteiger partial charge in [-0.05, 0) is 51.7 Å². The van der Waals surface area contributed by atoms with Crippen molar-refractivity contribution < 1.29 is 9.53 Å². The van der Waals surface area contributed by atoms with Crippen molar-refractivity contribution in [1.82, 2.24) is 19.4 Å². The smallest absolute Gasteiger partial charge is 0.272 e. The first-order valence-electron chi connectivity index (χ1n) is 9.83. The Labute approximate surface area is 151 Å². The zero-order chi connectivity index (χ0) is 17.5. The van der Waals surface area contributed by atoms with Crippen molar-refractivity contribution in [3.05, 3.63) is 18.2 Å². The van der Waals surface area contributed by atoms with Crippen LogP contribution in [0.1, 0.15) is 55.4 Å². The van der Waals surface area contributed by atoms with Crippen LogP contribution in [0, 0.1) is 0 Å². The van der Waals surface area contributed by atoms with Crippen LogP contribution < -0.4 is 0 Å². The Hall–Kier alpha value is -1.40. The van der Waals surface area contributed by atoms with Crippen molar-refractivity contribution in [2.75, 3.05) is 39.4 Å². The number of nitrogens with zero attached hydrogens (tertiary/aromatic N) is 4. The van der Waals surface area contributed by atoms with Crippen LogP contribution >= 0.6 is 0 Å². The van der Waals surface area contributed by atoms with Crippen LogP contribution in [0.2, 0.25) is 0 Å². The Morgan fingerprint density at radius 3 is 2.60 bits per heavy atom. The molecule has 6 heteroatoms. The van der Waals surface area contributed by atoms with E-state index >= 15 is 0 Å². The van der Waals surface area contributed by atoms with Crippen LogP contribution in [0.3, 0.4) is 0 Å². The number of imidazole rings is 1. The van der Waals surface area contributed by atoms with E-state index in [4.69, 9.17) is 4.74 Å². The third-order valence-corrected chi connectivity index (χ3v) is 5.50. The van der Waals surface area contributed by atoms with Gasteiger partial charge in [-0.1, -0.05) is 12.8 Å². The molecule has 2 aliphatic rings. The summed E-state index contributed by atoms with van der Waals surface area (Å²) in [6.45, 7) is 5.86. The summed E-state index contributed by atoms with van der Waals surface area (Å²) >= 11 is 0. The number of rotatable bonds is 6. The van der Waals surface area contributed by atoms with Crippen molar-refractivity contribution in [3.63, 3.8) is 0 Å². The summed E-state index contributed by atoms with van der Waals surface area (Å²) in [6, 6.07) is 0.292. The summed E-state index contributed by atoms with van der Waals surface area (Å²) in [6.07, 6.45) is 11.7. The van der Waals surface area contributed by atoms with Crippen molar-refractivity contribution in [2.24, 2.45) is 7.05 Å². The van der Waals surface area contributed by atoms with Gasteiger partial charge in [-0.15, -0.1) is 0 Å². The quantitative estimate of drug-likeness (QED) is 0.792. The average Bonchev–Trinajstić information content (AvgIpc) is 2.90. The standard InChI is InChI=1S/C19H32N4O2/c1-21-16-20-15-18(21)19(24)23(17-7-13-25-14-8-17)12-6-11-22-9-4-2-3-5-10-22/h15-17H,2-14H2,1H3. The number of carbonyl (C=O) groups excluding carboxylic acids is 1. The summed E-state index contributed by atoms with van der Waals surface area (Å²) in [5.41, 5.74) is 0.682. The zero-order valence-electron chi connectivity index (χ0n) is 15.5. The molecule has 140 valence electrons. The second-order valence-electron chi connectivity index (χ2n) is 7.34. The molecule has 3 heterocycles. The predicted molar refractivity (Wildman–Crippen MR) is 97.6 cm³/mol. The number of carbonyl (C=O) groups is 1. The van der Waals surface area contributed by atoms with E-state index in [9.17, 15) is 4.79 Å². The molecule has 25 heavy (non-hydrogen) atoms. The highest BCUT2D eigenvalue weighted by Gasteiger charge is 2.27. The number of aromatic nitrogens is 2. The molecule has 0 aromatic carbocycles. The van der Waals surface area contributed by atoms with Gasteiger partial charge in [-0.2, -0.15) is 0 Å². The van der Waals surface area contributed by atoms with Crippen LogP contribution in [0.15, 0.2) is 12.5 Å². The highest BCUT2D eigenvalue weighted by Crippen LogP contribution is 2.18. The fraction of sp³-hybridized carbons (Fsp3) is 0.789. The SMILES string of the molecule is Cn1cncc1C(=O)N(CCCN1CCCCCC1)C1CCOCC1. The van der Waals surface area contributed by atoms with Crippen molar-refractivity contribution in [2.45, 2.75) is 51.0 Å². The number of amides is 1. The van der Waals surface area contributed by atoms with Gasteiger partial charge in [0, 0.05) is 32.8 Å². The maximum atomic E-state index is 13.1. The summed E-state index contributed by atoms with van der Waals surface area (Å²) < 4.78 is 7.32. The van der Waals surface area contributed by atoms with E-state index in [0.717, 1.165) is 45.6 Å². The monoisotopic (exact) mass is 348 g/mol. The lowest BCUT2D eigenvalue weighted by Crippen LogP contribution is -2.45. The molecular weight excluding hydrogens is 316 g/mol. The molecule has 0 spiro atoms. The van der Waals surface area contributed by atoms with E-state index in [2.05, 4.69) is 14.8 Å². The first kappa shape index (κ1) is 18.4. The summed E-state index contributed by atoms with van der Waals surface area (Å²) in [4.78, 5) is 21.8. The van der Waals surface area contributed by atoms with Gasteiger partial charge in [0.1, 0.15) is 5.69 Å². The first-order chi connectivity index (χ1) is 12.3. The molecule has 0 aliphatic carbocycles. The lowest BCUT2D eigenvalue weighted by atomic mass is 10.1. The van der Waals surface area contributed by atoms with E-state index in [-0.39, 0.29) is 5.91 Å². The molecule has 1 amide bonds. The maximum Gasteiger partial charge on any atom is 0.272 e. The highest BCUT2D eigenvalue weighted by molar-refractivity contribution is 5.92. The number of ether oxygens (including phenoxy) is 1. The second kappa shape index (κ2) is 9.34. The summed E-state index contributed by atoms with van der Waals surface area (Å²) in [5, 5.41) is 0. The molecule has 2 fully saturated rings. The molecule has 3 rings (SSSR count). The highest BCUT2D eigenvalue weighted by atomic mass is 16.5. The maximum absolute atomic E-state index is 13.1. The van der Waals surface area contributed by atoms with Crippen LogP contribution in [-0.2, 0) is 11.8 Å². The molecular formula is C19H32N4O2. The molecule has 0 N–H and O–H groups in total. The third kappa shape index (κ3) is 5.05. The van der Waals surface area contributed by atoms with E-state index in [1.165, 1.54) is 38.8 Å². The topological polar surface area (TPSA) is 50.6 Å². The molecule has 0 saturated carbocycles. The lowest BCUT2D eigenvalue weighted by molar-refractivity contribution is 0.0275. The van der Waals surface area contributed by atoms with Gasteiger partial charge in [0.15, 0.2) is 0 Å². The minimum atomic E-state index is 0.114. The summed E-state index contributed by atoms with van der Waals surface area (Å²) in [7, 11) is 1.89. The molecule has 1 aromatic rings. The Morgan fingerprint density at radius 2 is 1.96 bits per heavy atom. The fourth-order valence-electron chi connectivity index (χ4n) is 3.98. The van der Waals surface area contributed by atoms with Gasteiger partial charge in [-0.25, -0.2) is 4.98 Å². The molecule has 0 atom stereocenters. The zero-order valence-corrected chi connectivity index (χ0v) is 15.5. The Bertz CT molecular complexity index is 531. The lowest BCUT2D eigenvalue weighted by Gasteiger charge is -2.35. The molecule has 0 bridgehead atoms. The number of hydrogen-bond acceptors (Lipinski definition) is 4. The minimum absolute atomic E-state index is 0.114. The van der Waals surface area contributed by atoms with Gasteiger partial charge >= 0.3 is 0 Å². The predicted octanol–water partition coefficient (Wildman–Crippen LogP) is 2.31. The first-order valence-corrected chi connectivity index (χ1v) is 9.83. The normalized spacial score (nSPS) is 20.4. The second-order valence-corrected chi connectivity index (χ2v) is 7.34. The number of hydrogen-bond donors (Lipinski definition) is 0. The van der Waals surface area contributed by atoms with Gasteiger partial charge in [0.05, 0.1) is 12.5 Å². The third-order valence-electron chi connectivity index (χ3n) is 5.50. The molecule has 6 nitrogen and oxygen atoms in total. The van der Waals surface area contributed by atoms with Crippen LogP contribution in [0.5, 0.6) is 0 Å². The molecule has 0 radical (unpaired) electrons. The number of likely N-dealkylation sites (tertiary alicyclic amines) is 1. The number of aryl methyl sites for hydroxylation is 1. The average molecular weight is 348 g/mol. The fourth-order valence-corrected chi connectivity index (χ4v) is 3.98. The van der Waals surface area contributed by atoms with Gasteiger partial charge in [0.25, 0.3) is 5.91 Å². The van der Waals surface area contributed by atoms with Gasteiger partial charge in [0.2, 0.25) is 0 Å².